The third-order valence-corrected chi connectivity index (χ3v) is 4.76. The first-order valence-electron chi connectivity index (χ1n) is 8.60. The first-order valence-corrected chi connectivity index (χ1v) is 8.97. The summed E-state index contributed by atoms with van der Waals surface area (Å²) in [6.45, 7) is 1.45. The van der Waals surface area contributed by atoms with Crippen molar-refractivity contribution in [3.8, 4) is 0 Å². The summed E-state index contributed by atoms with van der Waals surface area (Å²) in [5.41, 5.74) is 1.10. The number of likely N-dealkylation sites (tertiary alicyclic amines) is 1. The van der Waals surface area contributed by atoms with E-state index in [1.54, 1.807) is 17.1 Å². The molecule has 0 N–H and O–H groups in total. The van der Waals surface area contributed by atoms with E-state index in [-0.39, 0.29) is 5.91 Å². The van der Waals surface area contributed by atoms with Crippen molar-refractivity contribution in [2.75, 3.05) is 6.54 Å². The van der Waals surface area contributed by atoms with E-state index in [0.717, 1.165) is 37.9 Å². The van der Waals surface area contributed by atoms with Gasteiger partial charge in [0.1, 0.15) is 0 Å². The van der Waals surface area contributed by atoms with Crippen LogP contribution in [-0.4, -0.2) is 38.2 Å². The zero-order valence-electron chi connectivity index (χ0n) is 13.8. The Morgan fingerprint density at radius 2 is 2.25 bits per heavy atom. The Hall–Kier alpha value is -1.88. The summed E-state index contributed by atoms with van der Waals surface area (Å²) in [7, 11) is 0. The van der Waals surface area contributed by atoms with Crippen LogP contribution in [0.2, 0.25) is 5.02 Å². The second-order valence-electron chi connectivity index (χ2n) is 6.27. The highest BCUT2D eigenvalue weighted by Gasteiger charge is 2.26. The zero-order chi connectivity index (χ0) is 16.8. The van der Waals surface area contributed by atoms with E-state index in [1.807, 2.05) is 18.3 Å². The molecule has 5 nitrogen and oxygen atoms in total. The molecule has 24 heavy (non-hydrogen) atoms. The molecule has 0 unspecified atom stereocenters. The van der Waals surface area contributed by atoms with E-state index >= 15 is 0 Å². The molecule has 2 aromatic heterocycles. The Morgan fingerprint density at radius 1 is 1.33 bits per heavy atom. The van der Waals surface area contributed by atoms with Crippen LogP contribution >= 0.6 is 11.6 Å². The van der Waals surface area contributed by atoms with Gasteiger partial charge in [0.05, 0.1) is 11.2 Å². The van der Waals surface area contributed by atoms with Crippen LogP contribution in [0.1, 0.15) is 37.8 Å². The number of piperidine rings is 1. The molecule has 0 bridgehead atoms. The summed E-state index contributed by atoms with van der Waals surface area (Å²) in [6, 6.07) is 6.33. The van der Waals surface area contributed by atoms with Crippen molar-refractivity contribution in [1.29, 1.82) is 0 Å². The maximum atomic E-state index is 12.6. The van der Waals surface area contributed by atoms with Gasteiger partial charge in [-0.15, -0.1) is 0 Å². The van der Waals surface area contributed by atoms with E-state index in [9.17, 15) is 4.79 Å². The van der Waals surface area contributed by atoms with Crippen molar-refractivity contribution in [2.45, 2.75) is 51.1 Å². The Morgan fingerprint density at radius 3 is 3.00 bits per heavy atom. The molecule has 1 amide bonds. The van der Waals surface area contributed by atoms with Gasteiger partial charge in [-0.3, -0.25) is 14.5 Å². The van der Waals surface area contributed by atoms with E-state index in [1.165, 1.54) is 6.42 Å². The van der Waals surface area contributed by atoms with Gasteiger partial charge in [0.15, 0.2) is 0 Å². The minimum absolute atomic E-state index is 0.215. The number of amides is 1. The van der Waals surface area contributed by atoms with E-state index in [4.69, 9.17) is 11.6 Å². The Kier molecular flexibility index (Phi) is 5.86. The van der Waals surface area contributed by atoms with Gasteiger partial charge >= 0.3 is 0 Å². The van der Waals surface area contributed by atoms with Crippen molar-refractivity contribution >= 4 is 17.5 Å². The van der Waals surface area contributed by atoms with Crippen LogP contribution in [0.3, 0.4) is 0 Å². The van der Waals surface area contributed by atoms with Gasteiger partial charge in [0.25, 0.3) is 0 Å². The Labute approximate surface area is 147 Å². The minimum Gasteiger partial charge on any atom is -0.340 e. The third kappa shape index (κ3) is 4.57. The van der Waals surface area contributed by atoms with Crippen LogP contribution in [-0.2, 0) is 17.8 Å². The number of carbonyl (C=O) groups excluding carboxylic acids is 1. The molecule has 6 heteroatoms. The number of pyridine rings is 1. The quantitative estimate of drug-likeness (QED) is 0.806. The molecule has 0 spiro atoms. The molecule has 1 atom stereocenters. The van der Waals surface area contributed by atoms with Crippen molar-refractivity contribution in [2.24, 2.45) is 0 Å². The maximum Gasteiger partial charge on any atom is 0.224 e. The SMILES string of the molecule is O=C(CCn1cc(Cl)cn1)N1CCCC[C@@H]1CCc1ccccn1. The lowest BCUT2D eigenvalue weighted by Crippen LogP contribution is -2.44. The summed E-state index contributed by atoms with van der Waals surface area (Å²) >= 11 is 5.86. The average molecular weight is 347 g/mol. The lowest BCUT2D eigenvalue weighted by molar-refractivity contribution is -0.135. The molecule has 3 heterocycles. The summed E-state index contributed by atoms with van der Waals surface area (Å²) in [6.07, 6.45) is 10.9. The van der Waals surface area contributed by atoms with Crippen molar-refractivity contribution in [3.63, 3.8) is 0 Å². The molecule has 128 valence electrons. The van der Waals surface area contributed by atoms with Gasteiger partial charge in [0, 0.05) is 43.6 Å². The van der Waals surface area contributed by atoms with E-state index in [0.29, 0.717) is 24.0 Å². The van der Waals surface area contributed by atoms with Gasteiger partial charge in [-0.05, 0) is 44.2 Å². The standard InChI is InChI=1S/C18H23ClN4O/c19-15-13-21-22(14-15)12-9-18(24)23-11-4-2-6-17(23)8-7-16-5-1-3-10-20-16/h1,3,5,10,13-14,17H,2,4,6-9,11-12H2/t17-/m1/s1. The number of halogens is 1. The Balaban J connectivity index is 1.54. The largest absolute Gasteiger partial charge is 0.340 e. The molecular formula is C18H23ClN4O. The van der Waals surface area contributed by atoms with E-state index < -0.39 is 0 Å². The first-order chi connectivity index (χ1) is 11.7. The topological polar surface area (TPSA) is 51.0 Å². The predicted molar refractivity (Wildman–Crippen MR) is 93.8 cm³/mol. The lowest BCUT2D eigenvalue weighted by atomic mass is 9.96. The number of hydrogen-bond donors (Lipinski definition) is 0. The van der Waals surface area contributed by atoms with Crippen molar-refractivity contribution in [1.82, 2.24) is 19.7 Å². The van der Waals surface area contributed by atoms with E-state index in [2.05, 4.69) is 21.0 Å². The van der Waals surface area contributed by atoms with Crippen LogP contribution in [0.15, 0.2) is 36.8 Å². The predicted octanol–water partition coefficient (Wildman–Crippen LogP) is 3.34. The number of nitrogens with zero attached hydrogens (tertiary/aromatic N) is 4. The minimum atomic E-state index is 0.215. The molecule has 0 aliphatic carbocycles. The average Bonchev–Trinajstić information content (AvgIpc) is 3.04. The molecular weight excluding hydrogens is 324 g/mol. The molecule has 2 aromatic rings. The Bertz CT molecular complexity index is 658. The van der Waals surface area contributed by atoms with Crippen LogP contribution in [0.25, 0.3) is 0 Å². The lowest BCUT2D eigenvalue weighted by Gasteiger charge is -2.36. The highest BCUT2D eigenvalue weighted by atomic mass is 35.5. The molecule has 0 saturated carbocycles. The summed E-state index contributed by atoms with van der Waals surface area (Å²) in [5, 5.41) is 4.74. The first kappa shape index (κ1) is 17.0. The van der Waals surface area contributed by atoms with Crippen LogP contribution in [0.5, 0.6) is 0 Å². The van der Waals surface area contributed by atoms with Gasteiger partial charge in [-0.1, -0.05) is 17.7 Å². The van der Waals surface area contributed by atoms with Gasteiger partial charge in [0.2, 0.25) is 5.91 Å². The fourth-order valence-electron chi connectivity index (χ4n) is 3.30. The number of aryl methyl sites for hydroxylation is 2. The summed E-state index contributed by atoms with van der Waals surface area (Å²) < 4.78 is 1.73. The number of hydrogen-bond acceptors (Lipinski definition) is 3. The zero-order valence-corrected chi connectivity index (χ0v) is 14.5. The monoisotopic (exact) mass is 346 g/mol. The molecule has 3 rings (SSSR count). The molecule has 1 fully saturated rings. The second-order valence-corrected chi connectivity index (χ2v) is 6.70. The molecule has 0 aromatic carbocycles. The summed E-state index contributed by atoms with van der Waals surface area (Å²) in [4.78, 5) is 19.1. The highest BCUT2D eigenvalue weighted by Crippen LogP contribution is 2.22. The van der Waals surface area contributed by atoms with Crippen LogP contribution < -0.4 is 0 Å². The maximum absolute atomic E-state index is 12.6. The molecule has 1 saturated heterocycles. The highest BCUT2D eigenvalue weighted by molar-refractivity contribution is 6.30. The molecule has 1 aliphatic heterocycles. The molecule has 0 radical (unpaired) electrons. The fraction of sp³-hybridized carbons (Fsp3) is 0.500. The third-order valence-electron chi connectivity index (χ3n) is 4.56. The summed E-state index contributed by atoms with van der Waals surface area (Å²) in [5.74, 6) is 0.215. The number of aromatic nitrogens is 3. The van der Waals surface area contributed by atoms with Crippen molar-refractivity contribution < 1.29 is 4.79 Å². The van der Waals surface area contributed by atoms with Gasteiger partial charge in [-0.25, -0.2) is 0 Å². The van der Waals surface area contributed by atoms with Crippen LogP contribution in [0.4, 0.5) is 0 Å². The second kappa shape index (κ2) is 8.29. The smallest absolute Gasteiger partial charge is 0.224 e. The normalized spacial score (nSPS) is 17.9. The number of rotatable bonds is 6. The van der Waals surface area contributed by atoms with Gasteiger partial charge < -0.3 is 4.90 Å². The van der Waals surface area contributed by atoms with Crippen LogP contribution in [0, 0.1) is 0 Å². The number of carbonyl (C=O) groups is 1. The molecule has 1 aliphatic rings. The van der Waals surface area contributed by atoms with Gasteiger partial charge in [-0.2, -0.15) is 5.10 Å². The fourth-order valence-corrected chi connectivity index (χ4v) is 3.46. The van der Waals surface area contributed by atoms with Crippen molar-refractivity contribution in [3.05, 3.63) is 47.5 Å².